The summed E-state index contributed by atoms with van der Waals surface area (Å²) in [7, 11) is 2.06. The van der Waals surface area contributed by atoms with E-state index in [1.165, 1.54) is 24.6 Å². The van der Waals surface area contributed by atoms with Gasteiger partial charge in [-0.2, -0.15) is 0 Å². The average Bonchev–Trinajstić information content (AvgIpc) is 2.99. The van der Waals surface area contributed by atoms with Gasteiger partial charge in [-0.05, 0) is 19.1 Å². The molecule has 76 valence electrons. The van der Waals surface area contributed by atoms with Crippen LogP contribution in [0.3, 0.4) is 0 Å². The molecule has 0 unspecified atom stereocenters. The predicted octanol–water partition coefficient (Wildman–Crippen LogP) is 2.45. The molecule has 0 bridgehead atoms. The van der Waals surface area contributed by atoms with E-state index in [9.17, 15) is 0 Å². The fourth-order valence-corrected chi connectivity index (χ4v) is 1.91. The maximum absolute atomic E-state index is 5.91. The van der Waals surface area contributed by atoms with E-state index in [2.05, 4.69) is 21.9 Å². The molecule has 0 aromatic carbocycles. The molecular weight excluding hydrogens is 218 g/mol. The fourth-order valence-electron chi connectivity index (χ4n) is 1.31. The van der Waals surface area contributed by atoms with Gasteiger partial charge in [-0.1, -0.05) is 23.4 Å². The van der Waals surface area contributed by atoms with Gasteiger partial charge in [-0.15, -0.1) is 0 Å². The molecule has 2 rings (SSSR count). The van der Waals surface area contributed by atoms with Crippen LogP contribution in [0.2, 0.25) is 5.15 Å². The van der Waals surface area contributed by atoms with Crippen LogP contribution in [0.1, 0.15) is 12.8 Å². The number of thioether (sulfide) groups is 1. The number of nitrogens with zero attached hydrogens (tertiary/aromatic N) is 3. The normalized spacial score (nSPS) is 15.6. The Bertz CT molecular complexity index is 341. The van der Waals surface area contributed by atoms with E-state index in [1.807, 2.05) is 12.3 Å². The third kappa shape index (κ3) is 2.12. The Labute approximate surface area is 92.9 Å². The van der Waals surface area contributed by atoms with E-state index in [4.69, 9.17) is 11.6 Å². The number of aromatic nitrogens is 2. The monoisotopic (exact) mass is 229 g/mol. The second kappa shape index (κ2) is 3.95. The van der Waals surface area contributed by atoms with Crippen molar-refractivity contribution in [2.75, 3.05) is 18.2 Å². The molecule has 1 fully saturated rings. The van der Waals surface area contributed by atoms with E-state index in [0.717, 1.165) is 11.0 Å². The van der Waals surface area contributed by atoms with Crippen LogP contribution >= 0.6 is 23.4 Å². The Hall–Kier alpha value is -0.480. The van der Waals surface area contributed by atoms with Gasteiger partial charge in [0.05, 0.1) is 0 Å². The molecule has 0 saturated heterocycles. The lowest BCUT2D eigenvalue weighted by atomic mass is 10.5. The van der Waals surface area contributed by atoms with E-state index in [0.29, 0.717) is 11.2 Å². The molecule has 1 saturated carbocycles. The molecule has 0 aliphatic heterocycles. The van der Waals surface area contributed by atoms with Crippen molar-refractivity contribution < 1.29 is 0 Å². The summed E-state index contributed by atoms with van der Waals surface area (Å²) in [5.41, 5.74) is 0. The van der Waals surface area contributed by atoms with Crippen molar-refractivity contribution in [1.29, 1.82) is 0 Å². The minimum Gasteiger partial charge on any atom is -0.357 e. The molecule has 0 N–H and O–H groups in total. The lowest BCUT2D eigenvalue weighted by Crippen LogP contribution is -2.20. The number of halogens is 1. The summed E-state index contributed by atoms with van der Waals surface area (Å²) in [6.07, 6.45) is 4.46. The molecule has 0 radical (unpaired) electrons. The Morgan fingerprint density at radius 3 is 2.79 bits per heavy atom. The van der Waals surface area contributed by atoms with E-state index < -0.39 is 0 Å². The summed E-state index contributed by atoms with van der Waals surface area (Å²) in [5, 5.41) is 1.26. The Kier molecular flexibility index (Phi) is 2.83. The third-order valence-corrected chi connectivity index (χ3v) is 3.04. The highest BCUT2D eigenvalue weighted by molar-refractivity contribution is 7.98. The zero-order valence-corrected chi connectivity index (χ0v) is 9.77. The SMILES string of the molecule is CSc1nc(Cl)cc(N(C)C2CC2)n1. The predicted molar refractivity (Wildman–Crippen MR) is 60.2 cm³/mol. The molecule has 0 spiro atoms. The maximum Gasteiger partial charge on any atom is 0.190 e. The van der Waals surface area contributed by atoms with Gasteiger partial charge in [0.15, 0.2) is 5.16 Å². The van der Waals surface area contributed by atoms with Crippen LogP contribution < -0.4 is 4.90 Å². The maximum atomic E-state index is 5.91. The molecule has 1 aromatic heterocycles. The largest absolute Gasteiger partial charge is 0.357 e. The first-order valence-electron chi connectivity index (χ1n) is 4.52. The standard InChI is InChI=1S/C9H12ClN3S/c1-13(6-3-4-6)8-5-7(10)11-9(12-8)14-2/h5-6H,3-4H2,1-2H3. The Morgan fingerprint density at radius 2 is 2.21 bits per heavy atom. The molecule has 1 aliphatic carbocycles. The topological polar surface area (TPSA) is 29.0 Å². The van der Waals surface area contributed by atoms with Crippen LogP contribution in [-0.4, -0.2) is 29.3 Å². The summed E-state index contributed by atoms with van der Waals surface area (Å²) < 4.78 is 0. The molecule has 1 aromatic rings. The van der Waals surface area contributed by atoms with Crippen LogP contribution in [0, 0.1) is 0 Å². The van der Waals surface area contributed by atoms with Crippen LogP contribution in [0.4, 0.5) is 5.82 Å². The molecule has 1 aliphatic rings. The van der Waals surface area contributed by atoms with Crippen molar-refractivity contribution in [2.24, 2.45) is 0 Å². The number of anilines is 1. The highest BCUT2D eigenvalue weighted by atomic mass is 35.5. The second-order valence-electron chi connectivity index (χ2n) is 3.38. The van der Waals surface area contributed by atoms with E-state index >= 15 is 0 Å². The van der Waals surface area contributed by atoms with Crippen molar-refractivity contribution >= 4 is 29.2 Å². The van der Waals surface area contributed by atoms with Gasteiger partial charge in [0.25, 0.3) is 0 Å². The van der Waals surface area contributed by atoms with Crippen molar-refractivity contribution in [3.8, 4) is 0 Å². The lowest BCUT2D eigenvalue weighted by molar-refractivity contribution is 0.853. The van der Waals surface area contributed by atoms with Crippen molar-refractivity contribution in [3.63, 3.8) is 0 Å². The highest BCUT2D eigenvalue weighted by Crippen LogP contribution is 2.30. The quantitative estimate of drug-likeness (QED) is 0.452. The van der Waals surface area contributed by atoms with Gasteiger partial charge in [0.1, 0.15) is 11.0 Å². The van der Waals surface area contributed by atoms with Crippen LogP contribution in [0.15, 0.2) is 11.2 Å². The average molecular weight is 230 g/mol. The summed E-state index contributed by atoms with van der Waals surface area (Å²) in [5.74, 6) is 0.928. The summed E-state index contributed by atoms with van der Waals surface area (Å²) in [6, 6.07) is 2.47. The lowest BCUT2D eigenvalue weighted by Gasteiger charge is -2.17. The minimum absolute atomic E-state index is 0.520. The van der Waals surface area contributed by atoms with Gasteiger partial charge in [-0.25, -0.2) is 9.97 Å². The molecule has 14 heavy (non-hydrogen) atoms. The van der Waals surface area contributed by atoms with E-state index in [1.54, 1.807) is 0 Å². The van der Waals surface area contributed by atoms with Crippen molar-refractivity contribution in [2.45, 2.75) is 24.0 Å². The van der Waals surface area contributed by atoms with Crippen LogP contribution in [0.5, 0.6) is 0 Å². The van der Waals surface area contributed by atoms with Gasteiger partial charge in [-0.3, -0.25) is 0 Å². The first-order valence-corrected chi connectivity index (χ1v) is 6.12. The molecule has 0 amide bonds. The van der Waals surface area contributed by atoms with Gasteiger partial charge in [0.2, 0.25) is 0 Å². The molecule has 1 heterocycles. The zero-order chi connectivity index (χ0) is 10.1. The molecule has 3 nitrogen and oxygen atoms in total. The second-order valence-corrected chi connectivity index (χ2v) is 4.54. The first kappa shape index (κ1) is 10.1. The van der Waals surface area contributed by atoms with Crippen LogP contribution in [0.25, 0.3) is 0 Å². The number of rotatable bonds is 3. The Balaban J connectivity index is 2.27. The molecular formula is C9H12ClN3S. The molecule has 5 heteroatoms. The summed E-state index contributed by atoms with van der Waals surface area (Å²) >= 11 is 7.42. The summed E-state index contributed by atoms with van der Waals surface area (Å²) in [6.45, 7) is 0. The smallest absolute Gasteiger partial charge is 0.190 e. The molecule has 0 atom stereocenters. The third-order valence-electron chi connectivity index (χ3n) is 2.30. The van der Waals surface area contributed by atoms with Gasteiger partial charge < -0.3 is 4.90 Å². The van der Waals surface area contributed by atoms with E-state index in [-0.39, 0.29) is 0 Å². The summed E-state index contributed by atoms with van der Waals surface area (Å²) in [4.78, 5) is 10.7. The Morgan fingerprint density at radius 1 is 1.50 bits per heavy atom. The first-order chi connectivity index (χ1) is 6.70. The highest BCUT2D eigenvalue weighted by Gasteiger charge is 2.27. The minimum atomic E-state index is 0.520. The van der Waals surface area contributed by atoms with Gasteiger partial charge >= 0.3 is 0 Å². The van der Waals surface area contributed by atoms with Gasteiger partial charge in [0, 0.05) is 19.2 Å². The zero-order valence-electron chi connectivity index (χ0n) is 8.20. The number of hydrogen-bond acceptors (Lipinski definition) is 4. The number of hydrogen-bond donors (Lipinski definition) is 0. The van der Waals surface area contributed by atoms with Crippen molar-refractivity contribution in [3.05, 3.63) is 11.2 Å². The van der Waals surface area contributed by atoms with Crippen LogP contribution in [-0.2, 0) is 0 Å². The fraction of sp³-hybridized carbons (Fsp3) is 0.556. The van der Waals surface area contributed by atoms with Crippen molar-refractivity contribution in [1.82, 2.24) is 9.97 Å².